The van der Waals surface area contributed by atoms with Crippen LogP contribution in [-0.4, -0.2) is 15.5 Å². The second kappa shape index (κ2) is 9.61. The molecular weight excluding hydrogens is 498 g/mol. The number of carbonyl (C=O) groups is 1. The van der Waals surface area contributed by atoms with Gasteiger partial charge in [0.2, 0.25) is 5.91 Å². The average molecular weight is 524 g/mol. The summed E-state index contributed by atoms with van der Waals surface area (Å²) in [6.07, 6.45) is 2.28. The number of rotatable bonds is 6. The van der Waals surface area contributed by atoms with Crippen LogP contribution in [0.25, 0.3) is 21.3 Å². The lowest BCUT2D eigenvalue weighted by Crippen LogP contribution is -2.28. The summed E-state index contributed by atoms with van der Waals surface area (Å²) in [6, 6.07) is 13.9. The van der Waals surface area contributed by atoms with Crippen LogP contribution in [0, 0.1) is 6.92 Å². The van der Waals surface area contributed by atoms with Gasteiger partial charge in [0.1, 0.15) is 11.4 Å². The van der Waals surface area contributed by atoms with E-state index in [2.05, 4.69) is 47.0 Å². The molecule has 0 aliphatic rings. The summed E-state index contributed by atoms with van der Waals surface area (Å²) in [4.78, 5) is 32.8. The zero-order valence-corrected chi connectivity index (χ0v) is 21.5. The van der Waals surface area contributed by atoms with Crippen LogP contribution in [0.1, 0.15) is 42.7 Å². The van der Waals surface area contributed by atoms with Crippen LogP contribution in [-0.2, 0) is 17.8 Å². The van der Waals surface area contributed by atoms with E-state index in [1.165, 1.54) is 22.2 Å². The average Bonchev–Trinajstić information content (AvgIpc) is 3.17. The summed E-state index contributed by atoms with van der Waals surface area (Å²) >= 11 is 5.01. The summed E-state index contributed by atoms with van der Waals surface area (Å²) in [5.74, 6) is 0.0262. The van der Waals surface area contributed by atoms with Crippen molar-refractivity contribution >= 4 is 49.1 Å². The van der Waals surface area contributed by atoms with Gasteiger partial charge in [-0.05, 0) is 48.1 Å². The van der Waals surface area contributed by atoms with Crippen molar-refractivity contribution in [3.63, 3.8) is 0 Å². The Morgan fingerprint density at radius 3 is 2.58 bits per heavy atom. The van der Waals surface area contributed by atoms with Gasteiger partial charge in [0.15, 0.2) is 0 Å². The van der Waals surface area contributed by atoms with Gasteiger partial charge in [0.25, 0.3) is 5.56 Å². The van der Waals surface area contributed by atoms with Gasteiger partial charge in [-0.1, -0.05) is 67.0 Å². The summed E-state index contributed by atoms with van der Waals surface area (Å²) in [7, 11) is 0. The standard InChI is InChI=1S/C26H26BrN3O2S/c1-5-20-22(17-9-11-18(27)12-10-17)23-25(33-20)28-14-30(26(23)32)13-21(31)29-24-16(4)7-6-8-19(24)15(2)3/h6-12,14-15H,5,13H2,1-4H3,(H,29,31). The summed E-state index contributed by atoms with van der Waals surface area (Å²) in [5, 5.41) is 3.60. The van der Waals surface area contributed by atoms with E-state index in [1.54, 1.807) is 0 Å². The number of anilines is 1. The number of amides is 1. The summed E-state index contributed by atoms with van der Waals surface area (Å²) < 4.78 is 2.38. The number of thiophene rings is 1. The predicted octanol–water partition coefficient (Wildman–Crippen LogP) is 6.52. The van der Waals surface area contributed by atoms with Crippen molar-refractivity contribution < 1.29 is 4.79 Å². The first-order valence-corrected chi connectivity index (χ1v) is 12.6. The molecule has 0 bridgehead atoms. The lowest BCUT2D eigenvalue weighted by atomic mass is 9.98. The Kier molecular flexibility index (Phi) is 6.81. The second-order valence-electron chi connectivity index (χ2n) is 8.36. The van der Waals surface area contributed by atoms with Gasteiger partial charge >= 0.3 is 0 Å². The number of nitrogens with zero attached hydrogens (tertiary/aromatic N) is 2. The first-order chi connectivity index (χ1) is 15.8. The number of benzene rings is 2. The molecule has 0 saturated heterocycles. The Balaban J connectivity index is 1.72. The number of carbonyl (C=O) groups excluding carboxylic acids is 1. The molecule has 1 amide bonds. The lowest BCUT2D eigenvalue weighted by Gasteiger charge is -2.16. The first kappa shape index (κ1) is 23.4. The zero-order chi connectivity index (χ0) is 23.7. The van der Waals surface area contributed by atoms with Crippen LogP contribution in [0.15, 0.2) is 58.1 Å². The number of hydrogen-bond donors (Lipinski definition) is 1. The minimum atomic E-state index is -0.245. The molecule has 0 atom stereocenters. The van der Waals surface area contributed by atoms with E-state index in [-0.39, 0.29) is 23.9 Å². The van der Waals surface area contributed by atoms with Crippen LogP contribution in [0.5, 0.6) is 0 Å². The van der Waals surface area contributed by atoms with Crippen molar-refractivity contribution in [1.82, 2.24) is 9.55 Å². The number of para-hydroxylation sites is 1. The third-order valence-corrected chi connectivity index (χ3v) is 7.48. The highest BCUT2D eigenvalue weighted by atomic mass is 79.9. The number of nitrogens with one attached hydrogen (secondary N) is 1. The number of aromatic nitrogens is 2. The second-order valence-corrected chi connectivity index (χ2v) is 10.4. The predicted molar refractivity (Wildman–Crippen MR) is 140 cm³/mol. The Bertz CT molecular complexity index is 1390. The molecule has 0 aliphatic carbocycles. The fraction of sp³-hybridized carbons (Fsp3) is 0.269. The van der Waals surface area contributed by atoms with Gasteiger partial charge in [0, 0.05) is 20.6 Å². The van der Waals surface area contributed by atoms with Gasteiger partial charge in [0.05, 0.1) is 11.7 Å². The minimum absolute atomic E-state index is 0.0925. The molecule has 2 aromatic carbocycles. The molecule has 1 N–H and O–H groups in total. The molecule has 170 valence electrons. The Morgan fingerprint density at radius 1 is 1.18 bits per heavy atom. The normalized spacial score (nSPS) is 11.3. The smallest absolute Gasteiger partial charge is 0.263 e. The molecule has 0 fully saturated rings. The summed E-state index contributed by atoms with van der Waals surface area (Å²) in [6.45, 7) is 8.15. The molecule has 2 heterocycles. The number of aryl methyl sites for hydroxylation is 2. The quantitative estimate of drug-likeness (QED) is 0.312. The topological polar surface area (TPSA) is 64.0 Å². The monoisotopic (exact) mass is 523 g/mol. The Labute approximate surface area is 205 Å². The molecule has 7 heteroatoms. The third kappa shape index (κ3) is 4.66. The molecule has 0 radical (unpaired) electrons. The molecule has 0 unspecified atom stereocenters. The van der Waals surface area contributed by atoms with E-state index in [4.69, 9.17) is 0 Å². The van der Waals surface area contributed by atoms with E-state index in [0.717, 1.165) is 43.7 Å². The van der Waals surface area contributed by atoms with E-state index < -0.39 is 0 Å². The molecule has 5 nitrogen and oxygen atoms in total. The molecule has 4 rings (SSSR count). The maximum absolute atomic E-state index is 13.5. The number of hydrogen-bond acceptors (Lipinski definition) is 4. The molecule has 2 aromatic heterocycles. The molecule has 0 aliphatic heterocycles. The van der Waals surface area contributed by atoms with Gasteiger partial charge in [-0.15, -0.1) is 11.3 Å². The van der Waals surface area contributed by atoms with Crippen LogP contribution < -0.4 is 10.9 Å². The highest BCUT2D eigenvalue weighted by molar-refractivity contribution is 9.10. The number of halogens is 1. The highest BCUT2D eigenvalue weighted by Crippen LogP contribution is 2.37. The van der Waals surface area contributed by atoms with Gasteiger partial charge < -0.3 is 5.32 Å². The zero-order valence-electron chi connectivity index (χ0n) is 19.1. The SMILES string of the molecule is CCc1sc2ncn(CC(=O)Nc3c(C)cccc3C(C)C)c(=O)c2c1-c1ccc(Br)cc1. The third-order valence-electron chi connectivity index (χ3n) is 5.71. The van der Waals surface area contributed by atoms with Crippen molar-refractivity contribution in [1.29, 1.82) is 0 Å². The van der Waals surface area contributed by atoms with Crippen molar-refractivity contribution in [2.75, 3.05) is 5.32 Å². The van der Waals surface area contributed by atoms with Crippen molar-refractivity contribution in [2.45, 2.75) is 46.6 Å². The maximum atomic E-state index is 13.5. The van der Waals surface area contributed by atoms with Crippen LogP contribution in [0.2, 0.25) is 0 Å². The van der Waals surface area contributed by atoms with E-state index >= 15 is 0 Å². The van der Waals surface area contributed by atoms with E-state index in [1.807, 2.05) is 49.4 Å². The van der Waals surface area contributed by atoms with Gasteiger partial charge in [-0.2, -0.15) is 0 Å². The van der Waals surface area contributed by atoms with Crippen molar-refractivity contribution in [3.05, 3.63) is 79.6 Å². The molecular formula is C26H26BrN3O2S. The van der Waals surface area contributed by atoms with Gasteiger partial charge in [-0.3, -0.25) is 14.2 Å². The fourth-order valence-corrected chi connectivity index (χ4v) is 5.39. The van der Waals surface area contributed by atoms with Crippen LogP contribution in [0.4, 0.5) is 5.69 Å². The van der Waals surface area contributed by atoms with Crippen LogP contribution >= 0.6 is 27.3 Å². The molecule has 33 heavy (non-hydrogen) atoms. The molecule has 0 saturated carbocycles. The fourth-order valence-electron chi connectivity index (χ4n) is 4.03. The largest absolute Gasteiger partial charge is 0.324 e. The molecule has 4 aromatic rings. The Hall–Kier alpha value is -2.77. The number of fused-ring (bicyclic) bond motifs is 1. The van der Waals surface area contributed by atoms with Gasteiger partial charge in [-0.25, -0.2) is 4.98 Å². The van der Waals surface area contributed by atoms with Crippen molar-refractivity contribution in [3.8, 4) is 11.1 Å². The van der Waals surface area contributed by atoms with Crippen molar-refractivity contribution in [2.24, 2.45) is 0 Å². The van der Waals surface area contributed by atoms with Crippen LogP contribution in [0.3, 0.4) is 0 Å². The lowest BCUT2D eigenvalue weighted by molar-refractivity contribution is -0.116. The van der Waals surface area contributed by atoms with E-state index in [0.29, 0.717) is 10.2 Å². The minimum Gasteiger partial charge on any atom is -0.324 e. The Morgan fingerprint density at radius 2 is 1.91 bits per heavy atom. The van der Waals surface area contributed by atoms with E-state index in [9.17, 15) is 9.59 Å². The maximum Gasteiger partial charge on any atom is 0.263 e. The highest BCUT2D eigenvalue weighted by Gasteiger charge is 2.19. The molecule has 0 spiro atoms. The summed E-state index contributed by atoms with van der Waals surface area (Å²) in [5.41, 5.74) is 4.59. The first-order valence-electron chi connectivity index (χ1n) is 11.0.